The summed E-state index contributed by atoms with van der Waals surface area (Å²) in [5, 5.41) is 2.57. The number of anilines is 2. The lowest BCUT2D eigenvalue weighted by Gasteiger charge is -2.30. The lowest BCUT2D eigenvalue weighted by Crippen LogP contribution is -2.28. The minimum absolute atomic E-state index is 0.296. The zero-order valence-electron chi connectivity index (χ0n) is 19.9. The standard InChI is InChI=1S/C33H28N2/c1-2-7-22-12-16-25(17-13-22)35-32-11-6-4-9-27(32)29-21-24(15-19-33(29)35)23-14-18-31-28(20-23)26-8-3-5-10-30(26)34-31/h3-6,8-21,29,33-34H,2,7H2,1H3. The first-order valence-electron chi connectivity index (χ1n) is 12.7. The van der Waals surface area contributed by atoms with Gasteiger partial charge >= 0.3 is 0 Å². The van der Waals surface area contributed by atoms with Crippen LogP contribution in [0.5, 0.6) is 0 Å². The Balaban J connectivity index is 1.29. The van der Waals surface area contributed by atoms with Crippen LogP contribution in [0.1, 0.15) is 36.0 Å². The lowest BCUT2D eigenvalue weighted by atomic mass is 9.86. The summed E-state index contributed by atoms with van der Waals surface area (Å²) < 4.78 is 0. The maximum absolute atomic E-state index is 3.55. The van der Waals surface area contributed by atoms with Crippen molar-refractivity contribution in [1.29, 1.82) is 0 Å². The maximum atomic E-state index is 3.55. The number of nitrogens with one attached hydrogen (secondary N) is 1. The molecule has 1 aromatic heterocycles. The van der Waals surface area contributed by atoms with Crippen molar-refractivity contribution in [3.05, 3.63) is 126 Å². The van der Waals surface area contributed by atoms with E-state index in [4.69, 9.17) is 0 Å². The number of aromatic nitrogens is 1. The van der Waals surface area contributed by atoms with Crippen molar-refractivity contribution in [3.63, 3.8) is 0 Å². The van der Waals surface area contributed by atoms with Crippen molar-refractivity contribution in [3.8, 4) is 0 Å². The Morgan fingerprint density at radius 1 is 0.800 bits per heavy atom. The van der Waals surface area contributed by atoms with Gasteiger partial charge in [0.25, 0.3) is 0 Å². The number of hydrogen-bond acceptors (Lipinski definition) is 1. The summed E-state index contributed by atoms with van der Waals surface area (Å²) in [5.74, 6) is 0.334. The van der Waals surface area contributed by atoms with E-state index in [0.717, 1.165) is 6.42 Å². The normalized spacial score (nSPS) is 18.7. The molecule has 1 aliphatic heterocycles. The van der Waals surface area contributed by atoms with Gasteiger partial charge in [-0.2, -0.15) is 0 Å². The number of para-hydroxylation sites is 2. The molecule has 0 amide bonds. The van der Waals surface area contributed by atoms with Gasteiger partial charge in [-0.25, -0.2) is 0 Å². The highest BCUT2D eigenvalue weighted by Crippen LogP contribution is 2.49. The van der Waals surface area contributed by atoms with E-state index in [1.165, 1.54) is 61.9 Å². The van der Waals surface area contributed by atoms with Gasteiger partial charge < -0.3 is 9.88 Å². The largest absolute Gasteiger partial charge is 0.355 e. The van der Waals surface area contributed by atoms with E-state index in [2.05, 4.69) is 126 Å². The average molecular weight is 453 g/mol. The highest BCUT2D eigenvalue weighted by atomic mass is 15.2. The zero-order chi connectivity index (χ0) is 23.4. The van der Waals surface area contributed by atoms with Crippen molar-refractivity contribution in [2.45, 2.75) is 31.7 Å². The topological polar surface area (TPSA) is 19.0 Å². The SMILES string of the molecule is CCCc1ccc(N2c3ccccc3C3C=C(c4ccc5[nH]c6ccccc6c5c4)C=CC32)cc1. The minimum atomic E-state index is 0.296. The van der Waals surface area contributed by atoms with E-state index >= 15 is 0 Å². The summed E-state index contributed by atoms with van der Waals surface area (Å²) in [7, 11) is 0. The van der Waals surface area contributed by atoms with Gasteiger partial charge in [0, 0.05) is 39.1 Å². The second kappa shape index (κ2) is 8.02. The van der Waals surface area contributed by atoms with Crippen LogP contribution in [0.15, 0.2) is 109 Å². The van der Waals surface area contributed by atoms with Gasteiger partial charge in [0.15, 0.2) is 0 Å². The summed E-state index contributed by atoms with van der Waals surface area (Å²) in [6, 6.07) is 33.7. The number of rotatable bonds is 4. The first kappa shape index (κ1) is 20.3. The molecule has 0 radical (unpaired) electrons. The van der Waals surface area contributed by atoms with Gasteiger partial charge in [-0.1, -0.05) is 86.2 Å². The molecule has 2 heteroatoms. The van der Waals surface area contributed by atoms with Gasteiger partial charge in [0.05, 0.1) is 6.04 Å². The number of hydrogen-bond donors (Lipinski definition) is 1. The predicted octanol–water partition coefficient (Wildman–Crippen LogP) is 8.53. The Kier molecular flexibility index (Phi) is 4.66. The second-order valence-electron chi connectivity index (χ2n) is 9.77. The smallest absolute Gasteiger partial charge is 0.0630 e. The molecule has 0 bridgehead atoms. The molecule has 4 aromatic carbocycles. The third kappa shape index (κ3) is 3.24. The number of nitrogens with zero attached hydrogens (tertiary/aromatic N) is 1. The van der Waals surface area contributed by atoms with Crippen LogP contribution in [-0.2, 0) is 6.42 Å². The van der Waals surface area contributed by atoms with Gasteiger partial charge in [-0.15, -0.1) is 0 Å². The van der Waals surface area contributed by atoms with Crippen LogP contribution in [0.25, 0.3) is 27.4 Å². The number of aromatic amines is 1. The van der Waals surface area contributed by atoms with Gasteiger partial charge in [0.2, 0.25) is 0 Å². The first-order chi connectivity index (χ1) is 17.3. The average Bonchev–Trinajstić information content (AvgIpc) is 3.44. The molecule has 2 aliphatic rings. The Morgan fingerprint density at radius 2 is 1.60 bits per heavy atom. The van der Waals surface area contributed by atoms with Crippen molar-refractivity contribution in [2.24, 2.45) is 0 Å². The van der Waals surface area contributed by atoms with E-state index in [0.29, 0.717) is 12.0 Å². The summed E-state index contributed by atoms with van der Waals surface area (Å²) in [5.41, 5.74) is 10.4. The Hall–Kier alpha value is -4.04. The minimum Gasteiger partial charge on any atom is -0.355 e. The molecule has 0 saturated heterocycles. The van der Waals surface area contributed by atoms with Crippen LogP contribution in [0.2, 0.25) is 0 Å². The quantitative estimate of drug-likeness (QED) is 0.289. The van der Waals surface area contributed by atoms with E-state index < -0.39 is 0 Å². The Bertz CT molecular complexity index is 1620. The molecular weight excluding hydrogens is 424 g/mol. The zero-order valence-corrected chi connectivity index (χ0v) is 19.9. The number of allylic oxidation sites excluding steroid dienone is 2. The third-order valence-corrected chi connectivity index (χ3v) is 7.65. The fourth-order valence-electron chi connectivity index (χ4n) is 5.98. The summed E-state index contributed by atoms with van der Waals surface area (Å²) in [6.45, 7) is 2.24. The highest BCUT2D eigenvalue weighted by molar-refractivity contribution is 6.08. The van der Waals surface area contributed by atoms with Crippen molar-refractivity contribution in [2.75, 3.05) is 4.90 Å². The van der Waals surface area contributed by atoms with E-state index in [1.807, 2.05) is 0 Å². The highest BCUT2D eigenvalue weighted by Gasteiger charge is 2.38. The number of fused-ring (bicyclic) bond motifs is 6. The molecule has 0 saturated carbocycles. The van der Waals surface area contributed by atoms with Gasteiger partial charge in [-0.05, 0) is 65.1 Å². The van der Waals surface area contributed by atoms with Crippen LogP contribution >= 0.6 is 0 Å². The van der Waals surface area contributed by atoms with E-state index in [9.17, 15) is 0 Å². The molecule has 170 valence electrons. The summed E-state index contributed by atoms with van der Waals surface area (Å²) in [4.78, 5) is 6.07. The molecule has 0 spiro atoms. The van der Waals surface area contributed by atoms with Crippen LogP contribution in [-0.4, -0.2) is 11.0 Å². The van der Waals surface area contributed by atoms with Gasteiger partial charge in [0.1, 0.15) is 0 Å². The fourth-order valence-corrected chi connectivity index (χ4v) is 5.98. The molecule has 5 aromatic rings. The number of H-pyrrole nitrogens is 1. The van der Waals surface area contributed by atoms with Crippen LogP contribution in [0, 0.1) is 0 Å². The molecule has 2 unspecified atom stereocenters. The summed E-state index contributed by atoms with van der Waals surface area (Å²) >= 11 is 0. The van der Waals surface area contributed by atoms with Crippen molar-refractivity contribution in [1.82, 2.24) is 4.98 Å². The molecule has 2 heterocycles. The third-order valence-electron chi connectivity index (χ3n) is 7.65. The maximum Gasteiger partial charge on any atom is 0.0630 e. The first-order valence-corrected chi connectivity index (χ1v) is 12.7. The molecule has 2 atom stereocenters. The number of benzene rings is 4. The molecule has 0 fully saturated rings. The molecule has 7 rings (SSSR count). The molecule has 35 heavy (non-hydrogen) atoms. The summed E-state index contributed by atoms with van der Waals surface area (Å²) in [6.07, 6.45) is 9.51. The molecule has 1 aliphatic carbocycles. The van der Waals surface area contributed by atoms with Crippen LogP contribution < -0.4 is 4.90 Å². The molecule has 2 nitrogen and oxygen atoms in total. The molecular formula is C33H28N2. The predicted molar refractivity (Wildman–Crippen MR) is 148 cm³/mol. The van der Waals surface area contributed by atoms with E-state index in [-0.39, 0.29) is 0 Å². The van der Waals surface area contributed by atoms with E-state index in [1.54, 1.807) is 0 Å². The van der Waals surface area contributed by atoms with Gasteiger partial charge in [-0.3, -0.25) is 0 Å². The van der Waals surface area contributed by atoms with Crippen LogP contribution in [0.4, 0.5) is 11.4 Å². The Labute approximate surface area is 206 Å². The van der Waals surface area contributed by atoms with Crippen LogP contribution in [0.3, 0.4) is 0 Å². The fraction of sp³-hybridized carbons (Fsp3) is 0.152. The lowest BCUT2D eigenvalue weighted by molar-refractivity contribution is 0.747. The second-order valence-corrected chi connectivity index (χ2v) is 9.77. The monoisotopic (exact) mass is 452 g/mol. The molecule has 1 N–H and O–H groups in total. The van der Waals surface area contributed by atoms with Crippen molar-refractivity contribution >= 4 is 38.8 Å². The Morgan fingerprint density at radius 3 is 2.49 bits per heavy atom. The van der Waals surface area contributed by atoms with Crippen molar-refractivity contribution < 1.29 is 0 Å². The number of aryl methyl sites for hydroxylation is 1.